The van der Waals surface area contributed by atoms with Gasteiger partial charge in [0.15, 0.2) is 5.13 Å². The predicted molar refractivity (Wildman–Crippen MR) is 75.8 cm³/mol. The number of hydrogen-bond acceptors (Lipinski definition) is 5. The molecule has 2 aromatic rings. The molecular formula is C13H16N4OS. The second-order valence-corrected chi connectivity index (χ2v) is 5.06. The lowest BCUT2D eigenvalue weighted by Gasteiger charge is -2.04. The summed E-state index contributed by atoms with van der Waals surface area (Å²) in [7, 11) is 0. The van der Waals surface area contributed by atoms with E-state index in [2.05, 4.69) is 15.3 Å². The minimum atomic E-state index is 0.0193. The number of carbonyl (C=O) groups is 1. The van der Waals surface area contributed by atoms with E-state index < -0.39 is 0 Å². The zero-order chi connectivity index (χ0) is 13.5. The quantitative estimate of drug-likeness (QED) is 0.782. The molecule has 6 heteroatoms. The minimum absolute atomic E-state index is 0.0193. The van der Waals surface area contributed by atoms with Gasteiger partial charge in [-0.25, -0.2) is 4.98 Å². The normalized spacial score (nSPS) is 10.3. The fraction of sp³-hybridized carbons (Fsp3) is 0.308. The van der Waals surface area contributed by atoms with Crippen LogP contribution in [-0.2, 0) is 17.6 Å². The van der Waals surface area contributed by atoms with Gasteiger partial charge >= 0.3 is 0 Å². The maximum Gasteiger partial charge on any atom is 0.224 e. The summed E-state index contributed by atoms with van der Waals surface area (Å²) in [6.07, 6.45) is 5.47. The first-order valence-corrected chi connectivity index (χ1v) is 6.97. The van der Waals surface area contributed by atoms with E-state index in [0.717, 1.165) is 24.1 Å². The molecule has 0 saturated heterocycles. The lowest BCUT2D eigenvalue weighted by atomic mass is 10.2. The van der Waals surface area contributed by atoms with Gasteiger partial charge in [-0.05, 0) is 24.5 Å². The topological polar surface area (TPSA) is 80.9 Å². The van der Waals surface area contributed by atoms with Crippen molar-refractivity contribution in [3.05, 3.63) is 41.2 Å². The van der Waals surface area contributed by atoms with Crippen LogP contribution in [0.4, 0.5) is 5.13 Å². The molecule has 0 saturated carbocycles. The van der Waals surface area contributed by atoms with Crippen LogP contribution in [0, 0.1) is 0 Å². The van der Waals surface area contributed by atoms with E-state index in [4.69, 9.17) is 5.73 Å². The summed E-state index contributed by atoms with van der Waals surface area (Å²) < 4.78 is 0. The molecule has 0 aliphatic rings. The van der Waals surface area contributed by atoms with Crippen LogP contribution in [0.15, 0.2) is 29.9 Å². The number of nitrogen functional groups attached to an aromatic ring is 1. The highest BCUT2D eigenvalue weighted by atomic mass is 32.1. The molecule has 2 aromatic heterocycles. The number of hydrogen-bond donors (Lipinski definition) is 2. The molecule has 0 unspecified atom stereocenters. The smallest absolute Gasteiger partial charge is 0.224 e. The Balaban J connectivity index is 1.64. The molecule has 100 valence electrons. The van der Waals surface area contributed by atoms with Crippen molar-refractivity contribution in [1.29, 1.82) is 0 Å². The SMILES string of the molecule is Nc1nc(CCCNC(=O)Cc2cccnc2)cs1. The van der Waals surface area contributed by atoms with E-state index in [1.54, 1.807) is 12.4 Å². The Kier molecular flexibility index (Phi) is 4.85. The second kappa shape index (κ2) is 6.84. The van der Waals surface area contributed by atoms with Gasteiger partial charge in [0.1, 0.15) is 0 Å². The summed E-state index contributed by atoms with van der Waals surface area (Å²) in [6, 6.07) is 3.72. The molecule has 3 N–H and O–H groups in total. The summed E-state index contributed by atoms with van der Waals surface area (Å²) in [4.78, 5) is 19.8. The van der Waals surface area contributed by atoms with Crippen LogP contribution in [-0.4, -0.2) is 22.4 Å². The number of aryl methyl sites for hydroxylation is 1. The molecule has 0 aromatic carbocycles. The van der Waals surface area contributed by atoms with Crippen molar-refractivity contribution in [3.63, 3.8) is 0 Å². The molecule has 2 heterocycles. The highest BCUT2D eigenvalue weighted by Gasteiger charge is 2.03. The lowest BCUT2D eigenvalue weighted by molar-refractivity contribution is -0.120. The zero-order valence-electron chi connectivity index (χ0n) is 10.5. The van der Waals surface area contributed by atoms with Crippen LogP contribution in [0.2, 0.25) is 0 Å². The molecule has 0 aliphatic heterocycles. The first kappa shape index (κ1) is 13.5. The van der Waals surface area contributed by atoms with Gasteiger partial charge in [0.05, 0.1) is 12.1 Å². The largest absolute Gasteiger partial charge is 0.375 e. The van der Waals surface area contributed by atoms with E-state index in [0.29, 0.717) is 18.1 Å². The van der Waals surface area contributed by atoms with Crippen molar-refractivity contribution in [2.75, 3.05) is 12.3 Å². The standard InChI is InChI=1S/C13H16N4OS/c14-13-17-11(9-19-13)4-2-6-16-12(18)7-10-3-1-5-15-8-10/h1,3,5,8-9H,2,4,6-7H2,(H2,14,17)(H,16,18). The molecular weight excluding hydrogens is 260 g/mol. The van der Waals surface area contributed by atoms with E-state index in [1.165, 1.54) is 11.3 Å². The summed E-state index contributed by atoms with van der Waals surface area (Å²) >= 11 is 1.44. The minimum Gasteiger partial charge on any atom is -0.375 e. The van der Waals surface area contributed by atoms with E-state index in [9.17, 15) is 4.79 Å². The molecule has 0 bridgehead atoms. The van der Waals surface area contributed by atoms with Crippen LogP contribution >= 0.6 is 11.3 Å². The monoisotopic (exact) mass is 276 g/mol. The number of pyridine rings is 1. The van der Waals surface area contributed by atoms with E-state index in [-0.39, 0.29) is 5.91 Å². The fourth-order valence-electron chi connectivity index (χ4n) is 1.69. The summed E-state index contributed by atoms with van der Waals surface area (Å²) in [5.41, 5.74) is 7.46. The van der Waals surface area contributed by atoms with Crippen molar-refractivity contribution in [1.82, 2.24) is 15.3 Å². The van der Waals surface area contributed by atoms with Gasteiger partial charge in [0.2, 0.25) is 5.91 Å². The summed E-state index contributed by atoms with van der Waals surface area (Å²) in [5.74, 6) is 0.0193. The summed E-state index contributed by atoms with van der Waals surface area (Å²) in [5, 5.41) is 5.43. The first-order valence-electron chi connectivity index (χ1n) is 6.09. The molecule has 19 heavy (non-hydrogen) atoms. The number of aromatic nitrogens is 2. The molecule has 0 aliphatic carbocycles. The Bertz CT molecular complexity index is 526. The molecule has 0 radical (unpaired) electrons. The van der Waals surface area contributed by atoms with Crippen molar-refractivity contribution in [2.45, 2.75) is 19.3 Å². The van der Waals surface area contributed by atoms with Gasteiger partial charge in [0.25, 0.3) is 0 Å². The van der Waals surface area contributed by atoms with Gasteiger partial charge in [0, 0.05) is 24.3 Å². The van der Waals surface area contributed by atoms with Gasteiger partial charge in [-0.15, -0.1) is 11.3 Å². The number of rotatable bonds is 6. The number of nitrogens with zero attached hydrogens (tertiary/aromatic N) is 2. The Labute approximate surface area is 115 Å². The Hall–Kier alpha value is -1.95. The number of nitrogens with two attached hydrogens (primary N) is 1. The Morgan fingerprint density at radius 1 is 1.47 bits per heavy atom. The number of anilines is 1. The predicted octanol–water partition coefficient (Wildman–Crippen LogP) is 1.41. The van der Waals surface area contributed by atoms with Crippen molar-refractivity contribution >= 4 is 22.4 Å². The third kappa shape index (κ3) is 4.67. The molecule has 0 fully saturated rings. The van der Waals surface area contributed by atoms with Crippen molar-refractivity contribution < 1.29 is 4.79 Å². The van der Waals surface area contributed by atoms with Crippen LogP contribution in [0.25, 0.3) is 0 Å². The first-order chi connectivity index (χ1) is 9.24. The van der Waals surface area contributed by atoms with E-state index in [1.807, 2.05) is 17.5 Å². The lowest BCUT2D eigenvalue weighted by Crippen LogP contribution is -2.26. The number of nitrogens with one attached hydrogen (secondary N) is 1. The van der Waals surface area contributed by atoms with Crippen molar-refractivity contribution in [3.8, 4) is 0 Å². The van der Waals surface area contributed by atoms with E-state index >= 15 is 0 Å². The van der Waals surface area contributed by atoms with Crippen LogP contribution in [0.3, 0.4) is 0 Å². The maximum atomic E-state index is 11.7. The second-order valence-electron chi connectivity index (χ2n) is 4.17. The van der Waals surface area contributed by atoms with Gasteiger partial charge < -0.3 is 11.1 Å². The molecule has 0 spiro atoms. The molecule has 0 atom stereocenters. The molecule has 5 nitrogen and oxygen atoms in total. The fourth-order valence-corrected chi connectivity index (χ4v) is 2.28. The van der Waals surface area contributed by atoms with Gasteiger partial charge in [-0.1, -0.05) is 6.07 Å². The van der Waals surface area contributed by atoms with Crippen molar-refractivity contribution in [2.24, 2.45) is 0 Å². The van der Waals surface area contributed by atoms with Crippen LogP contribution in [0.1, 0.15) is 17.7 Å². The Morgan fingerprint density at radius 3 is 3.05 bits per heavy atom. The molecule has 2 rings (SSSR count). The number of thiazole rings is 1. The number of carbonyl (C=O) groups excluding carboxylic acids is 1. The maximum absolute atomic E-state index is 11.7. The van der Waals surface area contributed by atoms with Gasteiger partial charge in [-0.3, -0.25) is 9.78 Å². The third-order valence-electron chi connectivity index (χ3n) is 2.59. The Morgan fingerprint density at radius 2 is 2.37 bits per heavy atom. The average molecular weight is 276 g/mol. The third-order valence-corrected chi connectivity index (χ3v) is 3.31. The van der Waals surface area contributed by atoms with Crippen LogP contribution < -0.4 is 11.1 Å². The number of amides is 1. The highest BCUT2D eigenvalue weighted by molar-refractivity contribution is 7.13. The summed E-state index contributed by atoms with van der Waals surface area (Å²) in [6.45, 7) is 0.649. The zero-order valence-corrected chi connectivity index (χ0v) is 11.3. The van der Waals surface area contributed by atoms with Gasteiger partial charge in [-0.2, -0.15) is 0 Å². The molecule has 1 amide bonds. The highest BCUT2D eigenvalue weighted by Crippen LogP contribution is 2.12. The van der Waals surface area contributed by atoms with Crippen LogP contribution in [0.5, 0.6) is 0 Å². The average Bonchev–Trinajstić information content (AvgIpc) is 2.82.